The fourth-order valence-electron chi connectivity index (χ4n) is 3.73. The van der Waals surface area contributed by atoms with Crippen LogP contribution in [0.5, 0.6) is 5.75 Å². The number of anilines is 2. The van der Waals surface area contributed by atoms with Crippen LogP contribution in [0.2, 0.25) is 0 Å². The number of hydrogen-bond acceptors (Lipinski definition) is 7. The topological polar surface area (TPSA) is 85.3 Å². The molecule has 0 amide bonds. The van der Waals surface area contributed by atoms with Crippen molar-refractivity contribution in [1.82, 2.24) is 24.4 Å². The first kappa shape index (κ1) is 18.5. The molecular weight excluding hydrogens is 354 g/mol. The summed E-state index contributed by atoms with van der Waals surface area (Å²) in [6.07, 6.45) is 2.87. The Hall–Kier alpha value is -2.87. The standard InChI is InChI=1S/C20H27N7O/c1-15-23-19(21)18-20(24-15)27(14-22-18)9-3-8-25-10-12-26(13-11-25)16-4-6-17(28-2)7-5-16/h4-7,14H,3,8-13H2,1-2H3,(H2,21,23,24). The highest BCUT2D eigenvalue weighted by Gasteiger charge is 2.17. The molecule has 2 N–H and O–H groups in total. The monoisotopic (exact) mass is 381 g/mol. The molecule has 1 saturated heterocycles. The van der Waals surface area contributed by atoms with Gasteiger partial charge in [0.1, 0.15) is 17.1 Å². The van der Waals surface area contributed by atoms with E-state index in [1.807, 2.05) is 25.4 Å². The average molecular weight is 381 g/mol. The van der Waals surface area contributed by atoms with Crippen molar-refractivity contribution in [2.24, 2.45) is 0 Å². The largest absolute Gasteiger partial charge is 0.497 e. The van der Waals surface area contributed by atoms with Crippen molar-refractivity contribution in [3.8, 4) is 5.75 Å². The van der Waals surface area contributed by atoms with Crippen molar-refractivity contribution < 1.29 is 4.74 Å². The van der Waals surface area contributed by atoms with Gasteiger partial charge in [-0.05, 0) is 44.2 Å². The van der Waals surface area contributed by atoms with E-state index in [1.165, 1.54) is 5.69 Å². The molecule has 28 heavy (non-hydrogen) atoms. The number of benzene rings is 1. The number of ether oxygens (including phenoxy) is 1. The number of piperazine rings is 1. The van der Waals surface area contributed by atoms with Gasteiger partial charge in [-0.1, -0.05) is 0 Å². The molecule has 4 rings (SSSR count). The number of methoxy groups -OCH3 is 1. The lowest BCUT2D eigenvalue weighted by atomic mass is 10.2. The zero-order valence-corrected chi connectivity index (χ0v) is 16.5. The van der Waals surface area contributed by atoms with Crippen LogP contribution in [0, 0.1) is 6.92 Å². The maximum absolute atomic E-state index is 5.95. The molecule has 8 heteroatoms. The molecule has 1 aliphatic heterocycles. The Morgan fingerprint density at radius 3 is 2.50 bits per heavy atom. The summed E-state index contributed by atoms with van der Waals surface area (Å²) in [6, 6.07) is 8.31. The summed E-state index contributed by atoms with van der Waals surface area (Å²) >= 11 is 0. The second kappa shape index (κ2) is 8.02. The van der Waals surface area contributed by atoms with Gasteiger partial charge in [0.25, 0.3) is 0 Å². The van der Waals surface area contributed by atoms with E-state index in [1.54, 1.807) is 7.11 Å². The Kier molecular flexibility index (Phi) is 5.29. The van der Waals surface area contributed by atoms with E-state index in [-0.39, 0.29) is 0 Å². The highest BCUT2D eigenvalue weighted by molar-refractivity contribution is 5.81. The maximum Gasteiger partial charge on any atom is 0.165 e. The molecule has 0 spiro atoms. The summed E-state index contributed by atoms with van der Waals surface area (Å²) in [5.41, 5.74) is 8.73. The number of nitrogens with two attached hydrogens (primary N) is 1. The van der Waals surface area contributed by atoms with Crippen LogP contribution in [0.3, 0.4) is 0 Å². The summed E-state index contributed by atoms with van der Waals surface area (Å²) in [5, 5.41) is 0. The Morgan fingerprint density at radius 2 is 1.79 bits per heavy atom. The van der Waals surface area contributed by atoms with E-state index in [0.29, 0.717) is 17.2 Å². The van der Waals surface area contributed by atoms with E-state index in [4.69, 9.17) is 10.5 Å². The predicted molar refractivity (Wildman–Crippen MR) is 111 cm³/mol. The molecule has 3 aromatic rings. The number of aryl methyl sites for hydroxylation is 2. The van der Waals surface area contributed by atoms with Gasteiger partial charge >= 0.3 is 0 Å². The van der Waals surface area contributed by atoms with Gasteiger partial charge in [0.15, 0.2) is 11.5 Å². The van der Waals surface area contributed by atoms with Gasteiger partial charge in [-0.2, -0.15) is 0 Å². The van der Waals surface area contributed by atoms with E-state index in [2.05, 4.69) is 41.5 Å². The van der Waals surface area contributed by atoms with Crippen LogP contribution in [0.15, 0.2) is 30.6 Å². The van der Waals surface area contributed by atoms with Crippen LogP contribution in [0.1, 0.15) is 12.2 Å². The Balaban J connectivity index is 1.28. The fourth-order valence-corrected chi connectivity index (χ4v) is 3.73. The van der Waals surface area contributed by atoms with Crippen molar-refractivity contribution >= 4 is 22.7 Å². The predicted octanol–water partition coefficient (Wildman–Crippen LogP) is 1.94. The van der Waals surface area contributed by atoms with Crippen molar-refractivity contribution in [2.45, 2.75) is 19.9 Å². The summed E-state index contributed by atoms with van der Waals surface area (Å²) in [5.74, 6) is 2.04. The van der Waals surface area contributed by atoms with Crippen LogP contribution in [-0.2, 0) is 6.54 Å². The molecule has 3 heterocycles. The van der Waals surface area contributed by atoms with Crippen molar-refractivity contribution in [2.75, 3.05) is 50.5 Å². The van der Waals surface area contributed by atoms with Crippen LogP contribution >= 0.6 is 0 Å². The molecule has 0 atom stereocenters. The SMILES string of the molecule is COc1ccc(N2CCN(CCCn3cnc4c(N)nc(C)nc43)CC2)cc1. The van der Waals surface area contributed by atoms with Crippen LogP contribution in [-0.4, -0.2) is 64.3 Å². The third-order valence-corrected chi connectivity index (χ3v) is 5.29. The van der Waals surface area contributed by atoms with Gasteiger partial charge in [0.2, 0.25) is 0 Å². The minimum atomic E-state index is 0.455. The summed E-state index contributed by atoms with van der Waals surface area (Å²) < 4.78 is 7.32. The minimum Gasteiger partial charge on any atom is -0.497 e. The van der Waals surface area contributed by atoms with E-state index >= 15 is 0 Å². The number of fused-ring (bicyclic) bond motifs is 1. The zero-order valence-electron chi connectivity index (χ0n) is 16.5. The zero-order chi connectivity index (χ0) is 19.5. The van der Waals surface area contributed by atoms with Crippen LogP contribution in [0.4, 0.5) is 11.5 Å². The minimum absolute atomic E-state index is 0.455. The molecule has 0 saturated carbocycles. The first-order chi connectivity index (χ1) is 13.6. The number of hydrogen-bond donors (Lipinski definition) is 1. The maximum atomic E-state index is 5.95. The van der Waals surface area contributed by atoms with Gasteiger partial charge < -0.3 is 19.9 Å². The van der Waals surface area contributed by atoms with E-state index in [9.17, 15) is 0 Å². The molecule has 2 aromatic heterocycles. The fraction of sp³-hybridized carbons (Fsp3) is 0.450. The molecule has 0 unspecified atom stereocenters. The van der Waals surface area contributed by atoms with Crippen molar-refractivity contribution in [3.05, 3.63) is 36.4 Å². The lowest BCUT2D eigenvalue weighted by Crippen LogP contribution is -2.46. The molecule has 148 valence electrons. The molecule has 0 bridgehead atoms. The third-order valence-electron chi connectivity index (χ3n) is 5.29. The number of rotatable bonds is 6. The van der Waals surface area contributed by atoms with Gasteiger partial charge in [-0.3, -0.25) is 4.90 Å². The van der Waals surface area contributed by atoms with Crippen LogP contribution in [0.25, 0.3) is 11.2 Å². The van der Waals surface area contributed by atoms with Gasteiger partial charge in [-0.25, -0.2) is 15.0 Å². The first-order valence-electron chi connectivity index (χ1n) is 9.70. The molecule has 1 aromatic carbocycles. The van der Waals surface area contributed by atoms with Gasteiger partial charge in [0, 0.05) is 38.4 Å². The van der Waals surface area contributed by atoms with E-state index < -0.39 is 0 Å². The Labute approximate surface area is 164 Å². The van der Waals surface area contributed by atoms with E-state index in [0.717, 1.165) is 57.1 Å². The second-order valence-electron chi connectivity index (χ2n) is 7.15. The lowest BCUT2D eigenvalue weighted by Gasteiger charge is -2.36. The van der Waals surface area contributed by atoms with Crippen molar-refractivity contribution in [1.29, 1.82) is 0 Å². The highest BCUT2D eigenvalue weighted by atomic mass is 16.5. The normalized spacial score (nSPS) is 15.3. The Morgan fingerprint density at radius 1 is 1.04 bits per heavy atom. The number of imidazole rings is 1. The van der Waals surface area contributed by atoms with Gasteiger partial charge in [-0.15, -0.1) is 0 Å². The molecule has 0 radical (unpaired) electrons. The van der Waals surface area contributed by atoms with Crippen molar-refractivity contribution in [3.63, 3.8) is 0 Å². The number of nitrogens with zero attached hydrogens (tertiary/aromatic N) is 6. The summed E-state index contributed by atoms with van der Waals surface area (Å²) in [6.45, 7) is 8.04. The molecule has 0 aliphatic carbocycles. The first-order valence-corrected chi connectivity index (χ1v) is 9.70. The lowest BCUT2D eigenvalue weighted by molar-refractivity contribution is 0.251. The number of aromatic nitrogens is 4. The highest BCUT2D eigenvalue weighted by Crippen LogP contribution is 2.21. The average Bonchev–Trinajstić information content (AvgIpc) is 3.12. The molecule has 1 fully saturated rings. The summed E-state index contributed by atoms with van der Waals surface area (Å²) in [7, 11) is 1.70. The smallest absolute Gasteiger partial charge is 0.165 e. The number of nitrogen functional groups attached to an aromatic ring is 1. The quantitative estimate of drug-likeness (QED) is 0.698. The second-order valence-corrected chi connectivity index (χ2v) is 7.15. The summed E-state index contributed by atoms with van der Waals surface area (Å²) in [4.78, 5) is 18.0. The Bertz CT molecular complexity index is 930. The van der Waals surface area contributed by atoms with Crippen LogP contribution < -0.4 is 15.4 Å². The molecular formula is C20H27N7O. The molecule has 8 nitrogen and oxygen atoms in total. The van der Waals surface area contributed by atoms with Gasteiger partial charge in [0.05, 0.1) is 13.4 Å². The third kappa shape index (κ3) is 3.87. The molecule has 1 aliphatic rings.